The van der Waals surface area contributed by atoms with E-state index in [0.717, 1.165) is 17.4 Å². The number of aliphatic imine (C=N–C) groups is 1. The molecule has 2 saturated carbocycles. The fourth-order valence-electron chi connectivity index (χ4n) is 5.33. The molecule has 3 fully saturated rings. The first-order chi connectivity index (χ1) is 18.0. The molecule has 4 rings (SSSR count). The van der Waals surface area contributed by atoms with Crippen molar-refractivity contribution in [1.82, 2.24) is 10.2 Å². The molecule has 10 heteroatoms. The summed E-state index contributed by atoms with van der Waals surface area (Å²) in [5, 5.41) is 16.1. The van der Waals surface area contributed by atoms with Crippen LogP contribution in [-0.2, 0) is 14.3 Å². The molecule has 4 N–H and O–H groups in total. The highest BCUT2D eigenvalue weighted by Gasteiger charge is 2.45. The first-order valence-corrected chi connectivity index (χ1v) is 13.6. The van der Waals surface area contributed by atoms with E-state index in [0.29, 0.717) is 18.0 Å². The van der Waals surface area contributed by atoms with Crippen molar-refractivity contribution < 1.29 is 19.4 Å². The van der Waals surface area contributed by atoms with Gasteiger partial charge in [0, 0.05) is 25.0 Å². The number of likely N-dealkylation sites (N-methyl/N-ethyl adjacent to an activating group) is 1. The Kier molecular flexibility index (Phi) is 9.28. The smallest absolute Gasteiger partial charge is 0.252 e. The van der Waals surface area contributed by atoms with E-state index in [1.165, 1.54) is 66.9 Å². The lowest BCUT2D eigenvalue weighted by Crippen LogP contribution is -2.60. The molecular weight excluding hydrogens is 538 g/mol. The Morgan fingerprint density at radius 1 is 1.27 bits per heavy atom. The van der Waals surface area contributed by atoms with Crippen molar-refractivity contribution in [1.29, 1.82) is 0 Å². The van der Waals surface area contributed by atoms with Crippen LogP contribution in [-0.4, -0.2) is 66.3 Å². The van der Waals surface area contributed by atoms with Crippen LogP contribution in [0.15, 0.2) is 57.2 Å². The number of carbonyl (C=O) groups excluding carboxylic acids is 2. The number of amides is 2. The molecule has 198 valence electrons. The monoisotopic (exact) mass is 571 g/mol. The van der Waals surface area contributed by atoms with Gasteiger partial charge in [0.1, 0.15) is 17.9 Å². The number of ether oxygens (including phenoxy) is 1. The van der Waals surface area contributed by atoms with Crippen molar-refractivity contribution in [3.05, 3.63) is 58.2 Å². The molecule has 1 aliphatic heterocycles. The minimum atomic E-state index is -0.794. The van der Waals surface area contributed by atoms with E-state index in [1.54, 1.807) is 6.21 Å². The molecule has 1 aromatic rings. The van der Waals surface area contributed by atoms with Crippen LogP contribution in [0.1, 0.15) is 49.1 Å². The second-order valence-electron chi connectivity index (χ2n) is 9.70. The van der Waals surface area contributed by atoms with E-state index in [1.807, 2.05) is 12.1 Å². The Morgan fingerprint density at radius 2 is 2.03 bits per heavy atom. The predicted molar refractivity (Wildman–Crippen MR) is 146 cm³/mol. The summed E-state index contributed by atoms with van der Waals surface area (Å²) < 4.78 is 5.67. The highest BCUT2D eigenvalue weighted by molar-refractivity contribution is 9.11. The summed E-state index contributed by atoms with van der Waals surface area (Å²) >= 11 is 3.14. The van der Waals surface area contributed by atoms with Gasteiger partial charge < -0.3 is 21.0 Å². The third kappa shape index (κ3) is 5.86. The molecule has 1 aromatic carbocycles. The fraction of sp³-hybridized carbons (Fsp3) is 0.481. The standard InChI is InChI=1S/C27H34BrN5O4/c1-30-26(36)20(11-12-28)14-33(16-35)27-25(24(15-34)37-27)31-13-23(32-29)19-7-5-18(6-8-19)22-10-9-21(22)17-3-2-4-17/h5-8,11-14,16-17,21-22,24-25,27,34H,2-4,9-10,15,29H2,1H3,(H,30,36)/b12-11+,20-14-,31-13?,32-23?/t21?,22?,24?,25-,27?/m0/s1. The Labute approximate surface area is 225 Å². The highest BCUT2D eigenvalue weighted by Crippen LogP contribution is 2.52. The van der Waals surface area contributed by atoms with Crippen LogP contribution in [0.3, 0.4) is 0 Å². The molecule has 37 heavy (non-hydrogen) atoms. The zero-order valence-corrected chi connectivity index (χ0v) is 22.5. The third-order valence-electron chi connectivity index (χ3n) is 7.83. The molecule has 1 saturated heterocycles. The number of nitrogens with one attached hydrogen (secondary N) is 1. The fourth-order valence-corrected chi connectivity index (χ4v) is 5.61. The molecular formula is C27H34BrN5O4. The van der Waals surface area contributed by atoms with Crippen molar-refractivity contribution >= 4 is 40.2 Å². The molecule has 9 nitrogen and oxygen atoms in total. The van der Waals surface area contributed by atoms with Crippen molar-refractivity contribution in [3.63, 3.8) is 0 Å². The predicted octanol–water partition coefficient (Wildman–Crippen LogP) is 2.80. The second-order valence-corrected chi connectivity index (χ2v) is 10.2. The molecule has 4 unspecified atom stereocenters. The van der Waals surface area contributed by atoms with E-state index < -0.39 is 18.4 Å². The summed E-state index contributed by atoms with van der Waals surface area (Å²) in [5.41, 5.74) is 2.93. The molecule has 0 bridgehead atoms. The van der Waals surface area contributed by atoms with Gasteiger partial charge in [-0.25, -0.2) is 0 Å². The van der Waals surface area contributed by atoms with Gasteiger partial charge in [-0.15, -0.1) is 0 Å². The van der Waals surface area contributed by atoms with E-state index in [-0.39, 0.29) is 18.1 Å². The minimum absolute atomic E-state index is 0.237. The maximum absolute atomic E-state index is 12.1. The maximum Gasteiger partial charge on any atom is 0.252 e. The van der Waals surface area contributed by atoms with Gasteiger partial charge in [0.15, 0.2) is 6.23 Å². The van der Waals surface area contributed by atoms with Crippen LogP contribution in [0.25, 0.3) is 0 Å². The zero-order valence-electron chi connectivity index (χ0n) is 20.9. The minimum Gasteiger partial charge on any atom is -0.394 e. The number of nitrogens with two attached hydrogens (primary N) is 1. The van der Waals surface area contributed by atoms with Crippen molar-refractivity contribution in [2.75, 3.05) is 13.7 Å². The average molecular weight is 573 g/mol. The second kappa shape index (κ2) is 12.6. The van der Waals surface area contributed by atoms with Gasteiger partial charge in [0.25, 0.3) is 5.91 Å². The van der Waals surface area contributed by atoms with E-state index in [4.69, 9.17) is 10.6 Å². The van der Waals surface area contributed by atoms with Crippen molar-refractivity contribution in [2.45, 2.75) is 56.4 Å². The number of halogens is 1. The summed E-state index contributed by atoms with van der Waals surface area (Å²) in [6.07, 6.45) is 10.3. The van der Waals surface area contributed by atoms with Crippen LogP contribution in [0.5, 0.6) is 0 Å². The van der Waals surface area contributed by atoms with Gasteiger partial charge in [-0.3, -0.25) is 19.5 Å². The van der Waals surface area contributed by atoms with Crippen LogP contribution in [0.4, 0.5) is 0 Å². The number of nitrogens with zero attached hydrogens (tertiary/aromatic N) is 3. The lowest BCUT2D eigenvalue weighted by atomic mass is 9.59. The number of aliphatic hydroxyl groups excluding tert-OH is 1. The summed E-state index contributed by atoms with van der Waals surface area (Å²) in [6, 6.07) is 7.78. The number of hydrogen-bond acceptors (Lipinski definition) is 7. The largest absolute Gasteiger partial charge is 0.394 e. The Hall–Kier alpha value is -2.82. The average Bonchev–Trinajstić information content (AvgIpc) is 2.86. The van der Waals surface area contributed by atoms with Crippen molar-refractivity contribution in [3.8, 4) is 0 Å². The van der Waals surface area contributed by atoms with Gasteiger partial charge in [0.05, 0.1) is 12.2 Å². The lowest BCUT2D eigenvalue weighted by Gasteiger charge is -2.46. The number of carbonyl (C=O) groups is 2. The summed E-state index contributed by atoms with van der Waals surface area (Å²) in [5.74, 6) is 7.68. The molecule has 0 radical (unpaired) electrons. The third-order valence-corrected chi connectivity index (χ3v) is 8.09. The number of hydrogen-bond donors (Lipinski definition) is 3. The van der Waals surface area contributed by atoms with Crippen molar-refractivity contribution in [2.24, 2.45) is 27.8 Å². The SMILES string of the molecule is CNC(=O)C(=C\N(C=O)C1OC(CO)[C@@H]1N=CC(=NN)c1ccc(C2CCC2C2CCC2)cc1)/C=C/Br. The van der Waals surface area contributed by atoms with Crippen LogP contribution in [0, 0.1) is 11.8 Å². The van der Waals surface area contributed by atoms with Gasteiger partial charge in [-0.05, 0) is 47.2 Å². The first kappa shape index (κ1) is 27.2. The van der Waals surface area contributed by atoms with Crippen LogP contribution >= 0.6 is 15.9 Å². The first-order valence-electron chi connectivity index (χ1n) is 12.7. The maximum atomic E-state index is 12.1. The molecule has 5 atom stereocenters. The molecule has 1 heterocycles. The number of hydrazone groups is 1. The summed E-state index contributed by atoms with van der Waals surface area (Å²) in [7, 11) is 1.50. The van der Waals surface area contributed by atoms with Gasteiger partial charge in [-0.1, -0.05) is 59.5 Å². The Morgan fingerprint density at radius 3 is 2.54 bits per heavy atom. The Bertz CT molecular complexity index is 1080. The number of rotatable bonds is 11. The summed E-state index contributed by atoms with van der Waals surface area (Å²) in [6.45, 7) is -0.272. The van der Waals surface area contributed by atoms with Gasteiger partial charge in [0.2, 0.25) is 6.41 Å². The molecule has 0 aromatic heterocycles. The number of aliphatic hydroxyl groups is 1. The van der Waals surface area contributed by atoms with Crippen LogP contribution in [0.2, 0.25) is 0 Å². The number of benzene rings is 1. The van der Waals surface area contributed by atoms with Crippen LogP contribution < -0.4 is 11.2 Å². The molecule has 2 amide bonds. The van der Waals surface area contributed by atoms with Gasteiger partial charge in [-0.2, -0.15) is 5.10 Å². The zero-order chi connectivity index (χ0) is 26.4. The highest BCUT2D eigenvalue weighted by atomic mass is 79.9. The summed E-state index contributed by atoms with van der Waals surface area (Å²) in [4.78, 5) is 31.2. The molecule has 3 aliphatic rings. The molecule has 0 spiro atoms. The lowest BCUT2D eigenvalue weighted by molar-refractivity contribution is -0.208. The van der Waals surface area contributed by atoms with E-state index in [2.05, 4.69) is 43.5 Å². The Balaban J connectivity index is 1.46. The normalized spacial score (nSPS) is 28.5. The van der Waals surface area contributed by atoms with E-state index in [9.17, 15) is 14.7 Å². The quantitative estimate of drug-likeness (QED) is 0.0938. The topological polar surface area (TPSA) is 130 Å². The van der Waals surface area contributed by atoms with Gasteiger partial charge >= 0.3 is 0 Å². The molecule has 2 aliphatic carbocycles. The van der Waals surface area contributed by atoms with E-state index >= 15 is 0 Å².